The zero-order valence-corrected chi connectivity index (χ0v) is 9.62. The van der Waals surface area contributed by atoms with E-state index in [1.54, 1.807) is 6.92 Å². The van der Waals surface area contributed by atoms with Gasteiger partial charge in [0.1, 0.15) is 0 Å². The molecular weight excluding hydrogens is 192 g/mol. The molecule has 15 heavy (non-hydrogen) atoms. The van der Waals surface area contributed by atoms with Crippen LogP contribution in [0.1, 0.15) is 39.5 Å². The van der Waals surface area contributed by atoms with E-state index in [0.717, 1.165) is 25.7 Å². The first-order valence-corrected chi connectivity index (χ1v) is 5.68. The molecule has 1 amide bonds. The second-order valence-electron chi connectivity index (χ2n) is 4.88. The summed E-state index contributed by atoms with van der Waals surface area (Å²) < 4.78 is 0. The molecule has 0 aromatic carbocycles. The van der Waals surface area contributed by atoms with Crippen molar-refractivity contribution in [2.45, 2.75) is 51.7 Å². The van der Waals surface area contributed by atoms with Crippen LogP contribution in [0.3, 0.4) is 0 Å². The third-order valence-corrected chi connectivity index (χ3v) is 3.37. The molecule has 1 rings (SSSR count). The van der Waals surface area contributed by atoms with Crippen LogP contribution in [-0.2, 0) is 4.79 Å². The Morgan fingerprint density at radius 1 is 1.53 bits per heavy atom. The van der Waals surface area contributed by atoms with Crippen LogP contribution in [-0.4, -0.2) is 29.7 Å². The van der Waals surface area contributed by atoms with Gasteiger partial charge in [-0.15, -0.1) is 0 Å². The van der Waals surface area contributed by atoms with Crippen molar-refractivity contribution < 1.29 is 9.90 Å². The largest absolute Gasteiger partial charge is 0.392 e. The molecule has 0 radical (unpaired) electrons. The molecule has 0 spiro atoms. The van der Waals surface area contributed by atoms with Crippen LogP contribution in [0.4, 0.5) is 0 Å². The SMILES string of the molecule is CC(O)C(N)CNC(=O)C1(C)CCCC1. The molecule has 88 valence electrons. The van der Waals surface area contributed by atoms with Gasteiger partial charge in [-0.2, -0.15) is 0 Å². The van der Waals surface area contributed by atoms with Gasteiger partial charge in [-0.25, -0.2) is 0 Å². The van der Waals surface area contributed by atoms with Crippen LogP contribution >= 0.6 is 0 Å². The average molecular weight is 214 g/mol. The van der Waals surface area contributed by atoms with Crippen LogP contribution in [0, 0.1) is 5.41 Å². The monoisotopic (exact) mass is 214 g/mol. The molecule has 0 aliphatic heterocycles. The summed E-state index contributed by atoms with van der Waals surface area (Å²) in [5.74, 6) is 0.0797. The number of rotatable bonds is 4. The van der Waals surface area contributed by atoms with Crippen molar-refractivity contribution in [2.24, 2.45) is 11.1 Å². The highest BCUT2D eigenvalue weighted by Crippen LogP contribution is 2.37. The van der Waals surface area contributed by atoms with Crippen LogP contribution in [0.25, 0.3) is 0 Å². The molecule has 0 bridgehead atoms. The van der Waals surface area contributed by atoms with E-state index in [0.29, 0.717) is 6.54 Å². The number of carbonyl (C=O) groups excluding carboxylic acids is 1. The maximum absolute atomic E-state index is 11.8. The number of aliphatic hydroxyl groups is 1. The normalized spacial score (nSPS) is 23.5. The molecule has 0 heterocycles. The quantitative estimate of drug-likeness (QED) is 0.633. The number of hydrogen-bond acceptors (Lipinski definition) is 3. The number of carbonyl (C=O) groups is 1. The van der Waals surface area contributed by atoms with Crippen molar-refractivity contribution in [3.63, 3.8) is 0 Å². The van der Waals surface area contributed by atoms with Crippen molar-refractivity contribution in [2.75, 3.05) is 6.54 Å². The van der Waals surface area contributed by atoms with E-state index in [9.17, 15) is 9.90 Å². The molecule has 1 aliphatic rings. The molecule has 0 aromatic heterocycles. The molecule has 1 saturated carbocycles. The molecule has 4 nitrogen and oxygen atoms in total. The summed E-state index contributed by atoms with van der Waals surface area (Å²) in [6.45, 7) is 3.99. The average Bonchev–Trinajstić information content (AvgIpc) is 2.62. The number of hydrogen-bond donors (Lipinski definition) is 3. The summed E-state index contributed by atoms with van der Waals surface area (Å²) in [5.41, 5.74) is 5.43. The van der Waals surface area contributed by atoms with E-state index in [4.69, 9.17) is 5.73 Å². The van der Waals surface area contributed by atoms with Crippen molar-refractivity contribution in [3.05, 3.63) is 0 Å². The highest BCUT2D eigenvalue weighted by atomic mass is 16.3. The highest BCUT2D eigenvalue weighted by molar-refractivity contribution is 5.82. The van der Waals surface area contributed by atoms with Crippen LogP contribution < -0.4 is 11.1 Å². The molecule has 4 heteroatoms. The van der Waals surface area contributed by atoms with E-state index in [2.05, 4.69) is 5.32 Å². The number of amides is 1. The van der Waals surface area contributed by atoms with Crippen molar-refractivity contribution >= 4 is 5.91 Å². The smallest absolute Gasteiger partial charge is 0.225 e. The fourth-order valence-corrected chi connectivity index (χ4v) is 1.98. The summed E-state index contributed by atoms with van der Waals surface area (Å²) >= 11 is 0. The molecule has 1 fully saturated rings. The molecule has 0 aromatic rings. The van der Waals surface area contributed by atoms with E-state index >= 15 is 0 Å². The zero-order valence-electron chi connectivity index (χ0n) is 9.62. The van der Waals surface area contributed by atoms with Crippen molar-refractivity contribution in [1.82, 2.24) is 5.32 Å². The zero-order chi connectivity index (χ0) is 11.5. The molecule has 0 saturated heterocycles. The van der Waals surface area contributed by atoms with Gasteiger partial charge < -0.3 is 16.2 Å². The van der Waals surface area contributed by atoms with Gasteiger partial charge in [0.2, 0.25) is 5.91 Å². The fraction of sp³-hybridized carbons (Fsp3) is 0.909. The lowest BCUT2D eigenvalue weighted by Crippen LogP contribution is -2.47. The minimum absolute atomic E-state index is 0.0797. The Bertz CT molecular complexity index is 223. The summed E-state index contributed by atoms with van der Waals surface area (Å²) in [7, 11) is 0. The topological polar surface area (TPSA) is 75.3 Å². The highest BCUT2D eigenvalue weighted by Gasteiger charge is 2.36. The summed E-state index contributed by atoms with van der Waals surface area (Å²) in [6.07, 6.45) is 3.60. The van der Waals surface area contributed by atoms with E-state index < -0.39 is 6.10 Å². The minimum atomic E-state index is -0.582. The molecular formula is C11H22N2O2. The fourth-order valence-electron chi connectivity index (χ4n) is 1.98. The predicted octanol–water partition coefficient (Wildman–Crippen LogP) is 0.391. The van der Waals surface area contributed by atoms with Gasteiger partial charge in [0.25, 0.3) is 0 Å². The van der Waals surface area contributed by atoms with E-state index in [-0.39, 0.29) is 17.4 Å². The Balaban J connectivity index is 2.35. The Kier molecular flexibility index (Phi) is 4.11. The minimum Gasteiger partial charge on any atom is -0.392 e. The summed E-state index contributed by atoms with van der Waals surface area (Å²) in [6, 6.07) is -0.376. The second kappa shape index (κ2) is 4.94. The second-order valence-corrected chi connectivity index (χ2v) is 4.88. The van der Waals surface area contributed by atoms with Gasteiger partial charge in [-0.1, -0.05) is 19.8 Å². The maximum Gasteiger partial charge on any atom is 0.225 e. The lowest BCUT2D eigenvalue weighted by Gasteiger charge is -2.24. The number of nitrogens with one attached hydrogen (secondary N) is 1. The molecule has 2 atom stereocenters. The van der Waals surface area contributed by atoms with Crippen molar-refractivity contribution in [3.8, 4) is 0 Å². The standard InChI is InChI=1S/C11H22N2O2/c1-8(14)9(12)7-13-10(15)11(2)5-3-4-6-11/h8-9,14H,3-7,12H2,1-2H3,(H,13,15). The molecule has 1 aliphatic carbocycles. The lowest BCUT2D eigenvalue weighted by molar-refractivity contribution is -0.130. The number of aliphatic hydroxyl groups excluding tert-OH is 1. The van der Waals surface area contributed by atoms with Crippen LogP contribution in [0.15, 0.2) is 0 Å². The third-order valence-electron chi connectivity index (χ3n) is 3.37. The van der Waals surface area contributed by atoms with Gasteiger partial charge in [0.15, 0.2) is 0 Å². The Morgan fingerprint density at radius 2 is 2.07 bits per heavy atom. The maximum atomic E-state index is 11.8. The van der Waals surface area contributed by atoms with Crippen LogP contribution in [0.5, 0.6) is 0 Å². The van der Waals surface area contributed by atoms with Gasteiger partial charge in [0, 0.05) is 18.0 Å². The molecule has 2 unspecified atom stereocenters. The van der Waals surface area contributed by atoms with E-state index in [1.165, 1.54) is 0 Å². The number of nitrogens with two attached hydrogens (primary N) is 1. The summed E-state index contributed by atoms with van der Waals surface area (Å²) in [4.78, 5) is 11.8. The first-order valence-electron chi connectivity index (χ1n) is 5.68. The Hall–Kier alpha value is -0.610. The first kappa shape index (κ1) is 12.5. The lowest BCUT2D eigenvalue weighted by atomic mass is 9.88. The Morgan fingerprint density at radius 3 is 2.53 bits per heavy atom. The van der Waals surface area contributed by atoms with Gasteiger partial charge in [0.05, 0.1) is 6.10 Å². The van der Waals surface area contributed by atoms with E-state index in [1.807, 2.05) is 6.92 Å². The van der Waals surface area contributed by atoms with Gasteiger partial charge >= 0.3 is 0 Å². The van der Waals surface area contributed by atoms with Crippen LogP contribution in [0.2, 0.25) is 0 Å². The van der Waals surface area contributed by atoms with Gasteiger partial charge in [-0.3, -0.25) is 4.79 Å². The van der Waals surface area contributed by atoms with Gasteiger partial charge in [-0.05, 0) is 19.8 Å². The third kappa shape index (κ3) is 3.18. The summed E-state index contributed by atoms with van der Waals surface area (Å²) in [5, 5.41) is 12.0. The Labute approximate surface area is 91.2 Å². The predicted molar refractivity (Wildman–Crippen MR) is 59.2 cm³/mol. The molecule has 4 N–H and O–H groups in total. The first-order chi connectivity index (χ1) is 6.96. The van der Waals surface area contributed by atoms with Crippen molar-refractivity contribution in [1.29, 1.82) is 0 Å².